The highest BCUT2D eigenvalue weighted by atomic mass is 79.9. The molecule has 0 aliphatic rings. The molecule has 1 amide bonds. The van der Waals surface area contributed by atoms with Crippen LogP contribution in [0.25, 0.3) is 6.08 Å². The van der Waals surface area contributed by atoms with Crippen molar-refractivity contribution in [2.45, 2.75) is 13.5 Å². The number of hydrogen-bond acceptors (Lipinski definition) is 3. The van der Waals surface area contributed by atoms with Gasteiger partial charge in [-0.1, -0.05) is 51.8 Å². The van der Waals surface area contributed by atoms with Crippen LogP contribution in [0.2, 0.25) is 5.02 Å². The molecule has 0 unspecified atom stereocenters. The zero-order valence-electron chi connectivity index (χ0n) is 16.5. The second kappa shape index (κ2) is 10.6. The van der Waals surface area contributed by atoms with Crippen molar-refractivity contribution in [2.24, 2.45) is 0 Å². The van der Waals surface area contributed by atoms with E-state index < -0.39 is 5.91 Å². The van der Waals surface area contributed by atoms with Crippen LogP contribution < -0.4 is 10.1 Å². The van der Waals surface area contributed by atoms with Crippen LogP contribution in [0.1, 0.15) is 16.7 Å². The molecule has 0 aliphatic heterocycles. The number of nitriles is 1. The fraction of sp³-hybridized carbons (Fsp3) is 0.0833. The number of benzene rings is 3. The molecule has 156 valence electrons. The van der Waals surface area contributed by atoms with Crippen molar-refractivity contribution in [1.29, 1.82) is 5.26 Å². The summed E-state index contributed by atoms with van der Waals surface area (Å²) in [6, 6.07) is 20.3. The number of nitrogens with one attached hydrogen (secondary N) is 1. The van der Waals surface area contributed by atoms with Gasteiger partial charge in [0, 0.05) is 20.7 Å². The van der Waals surface area contributed by atoms with E-state index in [1.54, 1.807) is 18.2 Å². The minimum atomic E-state index is -0.495. The van der Waals surface area contributed by atoms with Gasteiger partial charge in [-0.2, -0.15) is 5.26 Å². The van der Waals surface area contributed by atoms with Crippen molar-refractivity contribution in [3.8, 4) is 11.8 Å². The first-order chi connectivity index (χ1) is 14.9. The van der Waals surface area contributed by atoms with Gasteiger partial charge in [-0.05, 0) is 76.5 Å². The number of carbonyl (C=O) groups is 1. The van der Waals surface area contributed by atoms with E-state index in [0.717, 1.165) is 15.6 Å². The third-order valence-corrected chi connectivity index (χ3v) is 5.53. The normalized spacial score (nSPS) is 11.0. The minimum absolute atomic E-state index is 0.0425. The summed E-state index contributed by atoms with van der Waals surface area (Å²) in [6.07, 6.45) is 1.51. The Kier molecular flexibility index (Phi) is 7.91. The van der Waals surface area contributed by atoms with Gasteiger partial charge in [-0.3, -0.25) is 4.79 Å². The van der Waals surface area contributed by atoms with E-state index in [1.807, 2.05) is 55.5 Å². The number of ether oxygens (including phenoxy) is 1. The largest absolute Gasteiger partial charge is 0.487 e. The summed E-state index contributed by atoms with van der Waals surface area (Å²) in [4.78, 5) is 12.7. The SMILES string of the molecule is Cc1cccc(NC(=O)/C(C#N)=C/c2cc(Br)cc(Br)c2OCc2cccc(Cl)c2)c1. The van der Waals surface area contributed by atoms with Crippen LogP contribution in [0.3, 0.4) is 0 Å². The van der Waals surface area contributed by atoms with Gasteiger partial charge in [0.25, 0.3) is 5.91 Å². The molecule has 0 radical (unpaired) electrons. The average molecular weight is 561 g/mol. The summed E-state index contributed by atoms with van der Waals surface area (Å²) in [5.74, 6) is 0.0178. The lowest BCUT2D eigenvalue weighted by molar-refractivity contribution is -0.112. The summed E-state index contributed by atoms with van der Waals surface area (Å²) < 4.78 is 7.47. The molecular formula is C24H17Br2ClN2O2. The van der Waals surface area contributed by atoms with Crippen molar-refractivity contribution in [3.05, 3.63) is 96.9 Å². The number of nitrogens with zero attached hydrogens (tertiary/aromatic N) is 1. The van der Waals surface area contributed by atoms with E-state index in [4.69, 9.17) is 16.3 Å². The molecule has 0 bridgehead atoms. The highest BCUT2D eigenvalue weighted by Crippen LogP contribution is 2.35. The van der Waals surface area contributed by atoms with Crippen molar-refractivity contribution < 1.29 is 9.53 Å². The fourth-order valence-corrected chi connectivity index (χ4v) is 4.43. The van der Waals surface area contributed by atoms with Gasteiger partial charge in [0.05, 0.1) is 4.47 Å². The molecule has 0 aromatic heterocycles. The number of anilines is 1. The maximum atomic E-state index is 12.7. The lowest BCUT2D eigenvalue weighted by Gasteiger charge is -2.13. The van der Waals surface area contributed by atoms with E-state index >= 15 is 0 Å². The predicted molar refractivity (Wildman–Crippen MR) is 131 cm³/mol. The highest BCUT2D eigenvalue weighted by molar-refractivity contribution is 9.11. The maximum absolute atomic E-state index is 12.7. The van der Waals surface area contributed by atoms with Crippen molar-refractivity contribution in [2.75, 3.05) is 5.32 Å². The number of hydrogen-bond donors (Lipinski definition) is 1. The number of halogens is 3. The van der Waals surface area contributed by atoms with Crippen LogP contribution in [0.15, 0.2) is 75.2 Å². The molecule has 7 heteroatoms. The summed E-state index contributed by atoms with van der Waals surface area (Å²) in [5, 5.41) is 13.0. The topological polar surface area (TPSA) is 62.1 Å². The first kappa shape index (κ1) is 23.1. The molecule has 0 heterocycles. The quantitative estimate of drug-likeness (QED) is 0.254. The summed E-state index contributed by atoms with van der Waals surface area (Å²) in [7, 11) is 0. The first-order valence-corrected chi connectivity index (χ1v) is 11.2. The molecule has 3 rings (SSSR count). The van der Waals surface area contributed by atoms with Gasteiger partial charge in [0.2, 0.25) is 0 Å². The smallest absolute Gasteiger partial charge is 0.266 e. The van der Waals surface area contributed by atoms with E-state index in [9.17, 15) is 10.1 Å². The fourth-order valence-electron chi connectivity index (χ4n) is 2.85. The zero-order valence-corrected chi connectivity index (χ0v) is 20.4. The standard InChI is InChI=1S/C24H17Br2ClN2O2/c1-15-4-2-7-21(8-15)29-24(30)18(13-28)10-17-11-19(25)12-22(26)23(17)31-14-16-5-3-6-20(27)9-16/h2-12H,14H2,1H3,(H,29,30)/b18-10+. The van der Waals surface area contributed by atoms with Crippen molar-refractivity contribution >= 4 is 61.1 Å². The molecule has 0 saturated carbocycles. The Bertz CT molecular complexity index is 1200. The van der Waals surface area contributed by atoms with Crippen LogP contribution >= 0.6 is 43.5 Å². The van der Waals surface area contributed by atoms with Gasteiger partial charge in [0.1, 0.15) is 24.0 Å². The summed E-state index contributed by atoms with van der Waals surface area (Å²) >= 11 is 13.0. The van der Waals surface area contributed by atoms with Crippen molar-refractivity contribution in [3.63, 3.8) is 0 Å². The Morgan fingerprint density at radius 2 is 1.94 bits per heavy atom. The molecule has 0 saturated heterocycles. The molecule has 0 spiro atoms. The van der Waals surface area contributed by atoms with Gasteiger partial charge in [-0.25, -0.2) is 0 Å². The first-order valence-electron chi connectivity index (χ1n) is 9.22. The predicted octanol–water partition coefficient (Wildman–Crippen LogP) is 7.30. The van der Waals surface area contributed by atoms with Crippen molar-refractivity contribution in [1.82, 2.24) is 0 Å². The monoisotopic (exact) mass is 558 g/mol. The summed E-state index contributed by atoms with van der Waals surface area (Å²) in [5.41, 5.74) is 3.07. The number of amides is 1. The van der Waals surface area contributed by atoms with Crippen LogP contribution in [-0.4, -0.2) is 5.91 Å². The molecular weight excluding hydrogens is 544 g/mol. The Labute approximate surface area is 202 Å². The van der Waals surface area contributed by atoms with E-state index in [1.165, 1.54) is 6.08 Å². The third kappa shape index (κ3) is 6.44. The Morgan fingerprint density at radius 3 is 2.65 bits per heavy atom. The number of carbonyl (C=O) groups excluding carboxylic acids is 1. The minimum Gasteiger partial charge on any atom is -0.487 e. The second-order valence-electron chi connectivity index (χ2n) is 6.72. The van der Waals surface area contributed by atoms with Gasteiger partial charge in [0.15, 0.2) is 0 Å². The Hall–Kier alpha value is -2.59. The number of aryl methyl sites for hydroxylation is 1. The summed E-state index contributed by atoms with van der Waals surface area (Å²) in [6.45, 7) is 2.21. The average Bonchev–Trinajstić information content (AvgIpc) is 2.71. The lowest BCUT2D eigenvalue weighted by atomic mass is 10.1. The maximum Gasteiger partial charge on any atom is 0.266 e. The molecule has 4 nitrogen and oxygen atoms in total. The zero-order chi connectivity index (χ0) is 22.4. The van der Waals surface area contributed by atoms with Gasteiger partial charge in [-0.15, -0.1) is 0 Å². The Balaban J connectivity index is 1.89. The molecule has 0 fully saturated rings. The second-order valence-corrected chi connectivity index (χ2v) is 8.92. The van der Waals surface area contributed by atoms with Crippen LogP contribution in [0, 0.1) is 18.3 Å². The van der Waals surface area contributed by atoms with Crippen LogP contribution in [0.4, 0.5) is 5.69 Å². The van der Waals surface area contributed by atoms with E-state index in [-0.39, 0.29) is 12.2 Å². The molecule has 1 N–H and O–H groups in total. The third-order valence-electron chi connectivity index (χ3n) is 4.25. The number of rotatable bonds is 6. The van der Waals surface area contributed by atoms with E-state index in [2.05, 4.69) is 37.2 Å². The van der Waals surface area contributed by atoms with Crippen LogP contribution in [0.5, 0.6) is 5.75 Å². The van der Waals surface area contributed by atoms with Gasteiger partial charge >= 0.3 is 0 Å². The van der Waals surface area contributed by atoms with Crippen LogP contribution in [-0.2, 0) is 11.4 Å². The lowest BCUT2D eigenvalue weighted by Crippen LogP contribution is -2.13. The van der Waals surface area contributed by atoms with Gasteiger partial charge < -0.3 is 10.1 Å². The molecule has 0 aliphatic carbocycles. The molecule has 31 heavy (non-hydrogen) atoms. The Morgan fingerprint density at radius 1 is 1.16 bits per heavy atom. The molecule has 3 aromatic rings. The highest BCUT2D eigenvalue weighted by Gasteiger charge is 2.14. The molecule has 3 aromatic carbocycles. The van der Waals surface area contributed by atoms with E-state index in [0.29, 0.717) is 26.5 Å². The molecule has 0 atom stereocenters.